The molecule has 224 valence electrons. The van der Waals surface area contributed by atoms with Crippen molar-refractivity contribution in [3.8, 4) is 0 Å². The number of carbonyl (C=O) groups excluding carboxylic acids is 2. The highest BCUT2D eigenvalue weighted by Gasteiger charge is 2.36. The third kappa shape index (κ3) is 12.2. The Morgan fingerprint density at radius 1 is 1.18 bits per heavy atom. The standard InChI is InChI=1S/C25H40N6O8S/c1-2-3-14-40(36,37)31-19(23(33)34)15-29-22(32)21-12-11-20(39-21)18(10-7-13-28-24(26)27)30-25(35)38-16-17-8-5-4-6-9-17/h4-6,8-9,18-21,31H,2-3,7,10-16H2,1H3,(H,29,32)(H,30,35)(H,33,34)(H4,26,27,28)/t18-,19-,20+,21-/m0/s1. The lowest BCUT2D eigenvalue weighted by Crippen LogP contribution is -2.50. The minimum absolute atomic E-state index is 0.0482. The number of unbranched alkanes of at least 4 members (excludes halogenated alkanes) is 1. The number of alkyl carbamates (subject to hydrolysis) is 1. The van der Waals surface area contributed by atoms with Crippen molar-refractivity contribution in [3.63, 3.8) is 0 Å². The maximum atomic E-state index is 12.7. The third-order valence-corrected chi connectivity index (χ3v) is 7.61. The number of nitrogens with zero attached hydrogens (tertiary/aromatic N) is 1. The quantitative estimate of drug-likeness (QED) is 0.0826. The highest BCUT2D eigenvalue weighted by Crippen LogP contribution is 2.25. The van der Waals surface area contributed by atoms with Crippen molar-refractivity contribution in [1.29, 1.82) is 0 Å². The van der Waals surface area contributed by atoms with Gasteiger partial charge in [0.2, 0.25) is 15.9 Å². The first kappa shape index (κ1) is 32.8. The van der Waals surface area contributed by atoms with Gasteiger partial charge in [-0.2, -0.15) is 4.72 Å². The lowest BCUT2D eigenvalue weighted by molar-refractivity contribution is -0.139. The largest absolute Gasteiger partial charge is 0.480 e. The summed E-state index contributed by atoms with van der Waals surface area (Å²) in [4.78, 5) is 40.7. The molecule has 4 atom stereocenters. The van der Waals surface area contributed by atoms with Crippen LogP contribution in [0.1, 0.15) is 51.0 Å². The first-order chi connectivity index (χ1) is 19.0. The summed E-state index contributed by atoms with van der Waals surface area (Å²) in [7, 11) is -3.82. The smallest absolute Gasteiger partial charge is 0.407 e. The van der Waals surface area contributed by atoms with Crippen LogP contribution < -0.4 is 26.8 Å². The van der Waals surface area contributed by atoms with Crippen molar-refractivity contribution in [2.24, 2.45) is 16.5 Å². The number of aliphatic carboxylic acids is 1. The zero-order valence-electron chi connectivity index (χ0n) is 22.6. The molecule has 1 aliphatic heterocycles. The predicted molar refractivity (Wildman–Crippen MR) is 148 cm³/mol. The van der Waals surface area contributed by atoms with Gasteiger partial charge >= 0.3 is 12.1 Å². The number of ether oxygens (including phenoxy) is 2. The minimum Gasteiger partial charge on any atom is -0.480 e. The van der Waals surface area contributed by atoms with Crippen LogP contribution in [0.4, 0.5) is 4.79 Å². The van der Waals surface area contributed by atoms with Crippen LogP contribution in [0.15, 0.2) is 35.3 Å². The molecule has 0 unspecified atom stereocenters. The molecule has 1 aliphatic rings. The van der Waals surface area contributed by atoms with Crippen molar-refractivity contribution in [2.75, 3.05) is 18.8 Å². The fourth-order valence-corrected chi connectivity index (χ4v) is 5.45. The lowest BCUT2D eigenvalue weighted by Gasteiger charge is -2.25. The van der Waals surface area contributed by atoms with Gasteiger partial charge in [0, 0.05) is 13.1 Å². The van der Waals surface area contributed by atoms with E-state index in [2.05, 4.69) is 20.3 Å². The van der Waals surface area contributed by atoms with Crippen molar-refractivity contribution >= 4 is 34.0 Å². The Bertz CT molecular complexity index is 1100. The van der Waals surface area contributed by atoms with E-state index in [9.17, 15) is 27.9 Å². The molecule has 0 aromatic heterocycles. The Morgan fingerprint density at radius 3 is 2.55 bits per heavy atom. The Kier molecular flexibility index (Phi) is 13.6. The summed E-state index contributed by atoms with van der Waals surface area (Å²) in [6.45, 7) is 1.78. The van der Waals surface area contributed by atoms with E-state index < -0.39 is 58.8 Å². The molecule has 15 heteroatoms. The molecule has 40 heavy (non-hydrogen) atoms. The van der Waals surface area contributed by atoms with Gasteiger partial charge in [0.25, 0.3) is 0 Å². The Hall–Kier alpha value is -3.43. The zero-order valence-corrected chi connectivity index (χ0v) is 23.4. The van der Waals surface area contributed by atoms with Crippen molar-refractivity contribution in [1.82, 2.24) is 15.4 Å². The van der Waals surface area contributed by atoms with Crippen LogP contribution in [-0.2, 0) is 35.7 Å². The molecule has 0 radical (unpaired) electrons. The third-order valence-electron chi connectivity index (χ3n) is 6.14. The summed E-state index contributed by atoms with van der Waals surface area (Å²) >= 11 is 0. The maximum Gasteiger partial charge on any atom is 0.407 e. The molecule has 2 rings (SSSR count). The highest BCUT2D eigenvalue weighted by molar-refractivity contribution is 7.89. The van der Waals surface area contributed by atoms with Gasteiger partial charge in [-0.3, -0.25) is 14.6 Å². The topological polar surface area (TPSA) is 225 Å². The molecule has 0 aliphatic carbocycles. The molecule has 0 saturated carbocycles. The number of carboxylic acid groups (broad SMARTS) is 1. The summed E-state index contributed by atoms with van der Waals surface area (Å²) in [5.41, 5.74) is 11.6. The van der Waals surface area contributed by atoms with E-state index in [1.54, 1.807) is 0 Å². The highest BCUT2D eigenvalue weighted by atomic mass is 32.2. The van der Waals surface area contributed by atoms with Crippen molar-refractivity contribution < 1.29 is 37.4 Å². The minimum atomic E-state index is -3.82. The number of hydrogen-bond donors (Lipinski definition) is 6. The molecule has 1 aromatic rings. The second kappa shape index (κ2) is 16.6. The number of aliphatic imine (C=N–C) groups is 1. The maximum absolute atomic E-state index is 12.7. The lowest BCUT2D eigenvalue weighted by atomic mass is 10.0. The number of sulfonamides is 1. The average Bonchev–Trinajstić information content (AvgIpc) is 3.41. The van der Waals surface area contributed by atoms with E-state index in [4.69, 9.17) is 20.9 Å². The van der Waals surface area contributed by atoms with E-state index in [-0.39, 0.29) is 18.3 Å². The molecule has 1 fully saturated rings. The van der Waals surface area contributed by atoms with E-state index in [1.807, 2.05) is 37.3 Å². The number of rotatable bonds is 17. The van der Waals surface area contributed by atoms with Gasteiger partial charge < -0.3 is 36.7 Å². The SMILES string of the molecule is CCCCS(=O)(=O)N[C@@H](CNC(=O)[C@@H]1CC[C@H]([C@H](CCCN=C(N)N)NC(=O)OCc2ccccc2)O1)C(=O)O. The van der Waals surface area contributed by atoms with Crippen LogP contribution in [0.3, 0.4) is 0 Å². The van der Waals surface area contributed by atoms with Gasteiger partial charge in [-0.25, -0.2) is 13.2 Å². The van der Waals surface area contributed by atoms with Crippen LogP contribution >= 0.6 is 0 Å². The van der Waals surface area contributed by atoms with Gasteiger partial charge in [-0.1, -0.05) is 43.7 Å². The number of amides is 2. The molecular formula is C25H40N6O8S. The fraction of sp³-hybridized carbons (Fsp3) is 0.600. The number of carboxylic acids is 1. The monoisotopic (exact) mass is 584 g/mol. The van der Waals surface area contributed by atoms with Gasteiger partial charge in [-0.05, 0) is 37.7 Å². The van der Waals surface area contributed by atoms with Crippen LogP contribution in [0.5, 0.6) is 0 Å². The first-order valence-electron chi connectivity index (χ1n) is 13.2. The Balaban J connectivity index is 1.94. The van der Waals surface area contributed by atoms with Crippen LogP contribution in [0.25, 0.3) is 0 Å². The molecule has 1 saturated heterocycles. The molecule has 14 nitrogen and oxygen atoms in total. The number of nitrogens with two attached hydrogens (primary N) is 2. The number of carbonyl (C=O) groups is 3. The first-order valence-corrected chi connectivity index (χ1v) is 14.8. The second-order valence-corrected chi connectivity index (χ2v) is 11.3. The van der Waals surface area contributed by atoms with Crippen molar-refractivity contribution in [2.45, 2.75) is 76.3 Å². The van der Waals surface area contributed by atoms with Crippen LogP contribution in [0.2, 0.25) is 0 Å². The van der Waals surface area contributed by atoms with Crippen LogP contribution in [-0.4, -0.2) is 80.6 Å². The number of hydrogen-bond acceptors (Lipinski definition) is 8. The van der Waals surface area contributed by atoms with E-state index in [0.717, 1.165) is 5.56 Å². The molecule has 1 heterocycles. The predicted octanol–water partition coefficient (Wildman–Crippen LogP) is 0.172. The molecule has 2 amide bonds. The Morgan fingerprint density at radius 2 is 1.90 bits per heavy atom. The van der Waals surface area contributed by atoms with Gasteiger partial charge in [0.1, 0.15) is 18.8 Å². The fourth-order valence-electron chi connectivity index (χ4n) is 4.04. The Labute approximate surface area is 234 Å². The molecule has 1 aromatic carbocycles. The molecule has 8 N–H and O–H groups in total. The summed E-state index contributed by atoms with van der Waals surface area (Å²) in [5, 5.41) is 14.7. The number of guanidine groups is 1. The number of benzene rings is 1. The number of nitrogens with one attached hydrogen (secondary N) is 3. The summed E-state index contributed by atoms with van der Waals surface area (Å²) in [5.74, 6) is -2.25. The van der Waals surface area contributed by atoms with Crippen molar-refractivity contribution in [3.05, 3.63) is 35.9 Å². The van der Waals surface area contributed by atoms with E-state index >= 15 is 0 Å². The summed E-state index contributed by atoms with van der Waals surface area (Å²) in [6, 6.07) is 7.15. The van der Waals surface area contributed by atoms with Gasteiger partial charge in [0.05, 0.1) is 17.9 Å². The normalized spacial score (nSPS) is 18.3. The molecular weight excluding hydrogens is 544 g/mol. The second-order valence-electron chi connectivity index (χ2n) is 9.43. The van der Waals surface area contributed by atoms with Gasteiger partial charge in [0.15, 0.2) is 5.96 Å². The molecule has 0 bridgehead atoms. The van der Waals surface area contributed by atoms with Crippen LogP contribution in [0, 0.1) is 0 Å². The van der Waals surface area contributed by atoms with E-state index in [0.29, 0.717) is 45.1 Å². The molecule has 0 spiro atoms. The van der Waals surface area contributed by atoms with Gasteiger partial charge in [-0.15, -0.1) is 0 Å². The van der Waals surface area contributed by atoms with E-state index in [1.165, 1.54) is 0 Å². The average molecular weight is 585 g/mol. The summed E-state index contributed by atoms with van der Waals surface area (Å²) < 4.78 is 37.6. The zero-order chi connectivity index (χ0) is 29.5. The summed E-state index contributed by atoms with van der Waals surface area (Å²) in [6.07, 6.45) is 0.662.